The first-order valence-corrected chi connectivity index (χ1v) is 2.77. The molecule has 1 rings (SSSR count). The van der Waals surface area contributed by atoms with E-state index >= 15 is 0 Å². The highest BCUT2D eigenvalue weighted by atomic mass is 14.9. The number of nitrogens with zero attached hydrogens (tertiary/aromatic N) is 3. The van der Waals surface area contributed by atoms with Crippen LogP contribution in [0.2, 0.25) is 0 Å². The zero-order valence-corrected chi connectivity index (χ0v) is 5.28. The minimum atomic E-state index is 0.338. The summed E-state index contributed by atoms with van der Waals surface area (Å²) in [6.45, 7) is 0.338. The molecule has 0 aliphatic carbocycles. The summed E-state index contributed by atoms with van der Waals surface area (Å²) in [4.78, 5) is 11.3. The summed E-state index contributed by atoms with van der Waals surface area (Å²) >= 11 is 0. The van der Waals surface area contributed by atoms with E-state index in [1.54, 1.807) is 18.5 Å². The molecular formula is C6H6N4. The molecule has 1 heterocycles. The highest BCUT2D eigenvalue weighted by molar-refractivity contribution is 5.35. The van der Waals surface area contributed by atoms with Crippen molar-refractivity contribution in [2.75, 3.05) is 0 Å². The van der Waals surface area contributed by atoms with Gasteiger partial charge in [0.2, 0.25) is 0 Å². The number of nitrogens with one attached hydrogen (secondary N) is 1. The van der Waals surface area contributed by atoms with Crippen molar-refractivity contribution in [1.29, 1.82) is 5.41 Å². The molecule has 0 bridgehead atoms. The fourth-order valence-electron chi connectivity index (χ4n) is 0.522. The van der Waals surface area contributed by atoms with Crippen molar-refractivity contribution >= 4 is 6.01 Å². The lowest BCUT2D eigenvalue weighted by molar-refractivity contribution is 0.912. The Morgan fingerprint density at radius 3 is 2.80 bits per heavy atom. The molecule has 0 atom stereocenters. The lowest BCUT2D eigenvalue weighted by atomic mass is 10.5. The minimum Gasteiger partial charge on any atom is -0.242 e. The highest BCUT2D eigenvalue weighted by Crippen LogP contribution is 1.87. The van der Waals surface area contributed by atoms with Crippen molar-refractivity contribution in [2.24, 2.45) is 4.99 Å². The second-order valence-corrected chi connectivity index (χ2v) is 1.59. The fourth-order valence-corrected chi connectivity index (χ4v) is 0.522. The molecule has 50 valence electrons. The van der Waals surface area contributed by atoms with Gasteiger partial charge < -0.3 is 0 Å². The molecule has 0 aliphatic rings. The molecule has 0 spiro atoms. The van der Waals surface area contributed by atoms with E-state index in [1.165, 1.54) is 0 Å². The van der Waals surface area contributed by atoms with Gasteiger partial charge in [-0.25, -0.2) is 20.4 Å². The summed E-state index contributed by atoms with van der Waals surface area (Å²) < 4.78 is 0. The molecule has 0 amide bonds. The predicted molar refractivity (Wildman–Crippen MR) is 35.9 cm³/mol. The van der Waals surface area contributed by atoms with Crippen molar-refractivity contribution < 1.29 is 0 Å². The van der Waals surface area contributed by atoms with E-state index in [4.69, 9.17) is 5.41 Å². The topological polar surface area (TPSA) is 62.0 Å². The Morgan fingerprint density at radius 2 is 2.20 bits per heavy atom. The maximum atomic E-state index is 6.48. The summed E-state index contributed by atoms with van der Waals surface area (Å²) in [5, 5.41) is 6.48. The normalized spacial score (nSPS) is 8.40. The van der Waals surface area contributed by atoms with E-state index < -0.39 is 0 Å². The molecule has 4 heteroatoms. The second kappa shape index (κ2) is 3.48. The quantitative estimate of drug-likeness (QED) is 0.606. The number of rotatable bonds is 2. The zero-order valence-electron chi connectivity index (χ0n) is 5.28. The van der Waals surface area contributed by atoms with Crippen LogP contribution in [0.3, 0.4) is 0 Å². The van der Waals surface area contributed by atoms with Crippen LogP contribution in [0.25, 0.3) is 0 Å². The van der Waals surface area contributed by atoms with Gasteiger partial charge in [0.05, 0.1) is 6.01 Å². The molecule has 1 aromatic rings. The molecule has 0 saturated heterocycles. The van der Waals surface area contributed by atoms with Gasteiger partial charge in [-0.3, -0.25) is 0 Å². The lowest BCUT2D eigenvalue weighted by Gasteiger charge is -1.88. The third kappa shape index (κ3) is 1.76. The van der Waals surface area contributed by atoms with E-state index in [0.29, 0.717) is 12.4 Å². The van der Waals surface area contributed by atoms with Crippen molar-refractivity contribution in [3.8, 4) is 0 Å². The standard InChI is InChI=1S/C6H6N4/c7-5-8-4-6-9-2-1-3-10-6/h1-3,7H,4H2. The van der Waals surface area contributed by atoms with Crippen molar-refractivity contribution in [2.45, 2.75) is 6.54 Å². The van der Waals surface area contributed by atoms with Gasteiger partial charge in [0.1, 0.15) is 12.4 Å². The van der Waals surface area contributed by atoms with E-state index in [1.807, 2.05) is 6.01 Å². The summed E-state index contributed by atoms with van der Waals surface area (Å²) in [5.41, 5.74) is 0. The monoisotopic (exact) mass is 134 g/mol. The number of aliphatic imine (C=N–C) groups is 1. The van der Waals surface area contributed by atoms with Crippen LogP contribution in [-0.2, 0) is 6.54 Å². The second-order valence-electron chi connectivity index (χ2n) is 1.59. The van der Waals surface area contributed by atoms with E-state index in [0.717, 1.165) is 0 Å². The van der Waals surface area contributed by atoms with Crippen molar-refractivity contribution in [1.82, 2.24) is 9.97 Å². The van der Waals surface area contributed by atoms with E-state index in [9.17, 15) is 0 Å². The molecular weight excluding hydrogens is 128 g/mol. The average Bonchev–Trinajstić information content (AvgIpc) is 2.03. The van der Waals surface area contributed by atoms with Crippen LogP contribution >= 0.6 is 0 Å². The van der Waals surface area contributed by atoms with Crippen LogP contribution in [0.1, 0.15) is 5.82 Å². The molecule has 10 heavy (non-hydrogen) atoms. The first-order valence-electron chi connectivity index (χ1n) is 2.77. The summed E-state index contributed by atoms with van der Waals surface area (Å²) in [7, 11) is 0. The molecule has 1 aromatic heterocycles. The van der Waals surface area contributed by atoms with Crippen LogP contribution < -0.4 is 0 Å². The maximum absolute atomic E-state index is 6.48. The Kier molecular flexibility index (Phi) is 2.29. The molecule has 0 radical (unpaired) electrons. The van der Waals surface area contributed by atoms with Crippen LogP contribution in [0.4, 0.5) is 0 Å². The Bertz CT molecular complexity index is 237. The predicted octanol–water partition coefficient (Wildman–Crippen LogP) is 0.729. The summed E-state index contributed by atoms with van der Waals surface area (Å²) in [6.07, 6.45) is 3.28. The molecule has 4 nitrogen and oxygen atoms in total. The van der Waals surface area contributed by atoms with E-state index in [-0.39, 0.29) is 0 Å². The van der Waals surface area contributed by atoms with E-state index in [2.05, 4.69) is 15.0 Å². The number of hydrogen-bond acceptors (Lipinski definition) is 4. The Labute approximate surface area is 58.2 Å². The maximum Gasteiger partial charge on any atom is 0.150 e. The van der Waals surface area contributed by atoms with Gasteiger partial charge in [0.25, 0.3) is 0 Å². The van der Waals surface area contributed by atoms with Crippen molar-refractivity contribution in [3.63, 3.8) is 0 Å². The number of aromatic nitrogens is 2. The Morgan fingerprint density at radius 1 is 1.50 bits per heavy atom. The van der Waals surface area contributed by atoms with Gasteiger partial charge >= 0.3 is 0 Å². The Hall–Kier alpha value is -1.54. The van der Waals surface area contributed by atoms with Gasteiger partial charge in [0, 0.05) is 12.4 Å². The molecule has 0 fully saturated rings. The van der Waals surface area contributed by atoms with Gasteiger partial charge in [-0.05, 0) is 6.07 Å². The van der Waals surface area contributed by atoms with Crippen LogP contribution in [0.5, 0.6) is 0 Å². The average molecular weight is 134 g/mol. The minimum absolute atomic E-state index is 0.338. The molecule has 0 unspecified atom stereocenters. The zero-order chi connectivity index (χ0) is 7.23. The SMILES string of the molecule is N=C=NCc1ncccn1. The first-order chi connectivity index (χ1) is 4.93. The lowest BCUT2D eigenvalue weighted by Crippen LogP contribution is -1.89. The van der Waals surface area contributed by atoms with Crippen molar-refractivity contribution in [3.05, 3.63) is 24.3 Å². The van der Waals surface area contributed by atoms with Crippen LogP contribution in [-0.4, -0.2) is 16.0 Å². The van der Waals surface area contributed by atoms with Crippen LogP contribution in [0, 0.1) is 5.41 Å². The molecule has 0 saturated carbocycles. The molecule has 0 aliphatic heterocycles. The molecule has 1 N–H and O–H groups in total. The van der Waals surface area contributed by atoms with Gasteiger partial charge in [-0.15, -0.1) is 0 Å². The third-order valence-electron chi connectivity index (χ3n) is 0.919. The third-order valence-corrected chi connectivity index (χ3v) is 0.919. The fraction of sp³-hybridized carbons (Fsp3) is 0.167. The first kappa shape index (κ1) is 6.58. The van der Waals surface area contributed by atoms with Gasteiger partial charge in [-0.2, -0.15) is 0 Å². The molecule has 0 aromatic carbocycles. The van der Waals surface area contributed by atoms with Gasteiger partial charge in [-0.1, -0.05) is 0 Å². The summed E-state index contributed by atoms with van der Waals surface area (Å²) in [5.74, 6) is 0.613. The van der Waals surface area contributed by atoms with Crippen LogP contribution in [0.15, 0.2) is 23.5 Å². The van der Waals surface area contributed by atoms with Gasteiger partial charge in [0.15, 0.2) is 0 Å². The highest BCUT2D eigenvalue weighted by Gasteiger charge is 1.87. The Balaban J connectivity index is 2.67. The smallest absolute Gasteiger partial charge is 0.150 e. The largest absolute Gasteiger partial charge is 0.242 e. The summed E-state index contributed by atoms with van der Waals surface area (Å²) in [6, 6.07) is 3.64. The number of hydrogen-bond donors (Lipinski definition) is 1.